The zero-order chi connectivity index (χ0) is 12.3. The second kappa shape index (κ2) is 5.36. The zero-order valence-electron chi connectivity index (χ0n) is 8.70. The van der Waals surface area contributed by atoms with E-state index >= 15 is 0 Å². The van der Waals surface area contributed by atoms with Crippen LogP contribution in [0.1, 0.15) is 21.7 Å². The summed E-state index contributed by atoms with van der Waals surface area (Å²) >= 11 is 4.53. The second-order valence-electron chi connectivity index (χ2n) is 3.08. The second-order valence-corrected chi connectivity index (χ2v) is 5.45. The van der Waals surface area contributed by atoms with Crippen molar-refractivity contribution in [3.63, 3.8) is 0 Å². The number of ether oxygens (including phenoxy) is 1. The number of carbonyl (C=O) groups is 3. The van der Waals surface area contributed by atoms with Gasteiger partial charge in [-0.1, -0.05) is 0 Å². The molecule has 0 fully saturated rings. The summed E-state index contributed by atoms with van der Waals surface area (Å²) in [4.78, 5) is 34.0. The summed E-state index contributed by atoms with van der Waals surface area (Å²) in [7, 11) is 1.11. The molecule has 0 radical (unpaired) electrons. The van der Waals surface area contributed by atoms with Gasteiger partial charge in [0.2, 0.25) is 5.78 Å². The fraction of sp³-hybridized carbons (Fsp3) is 0.300. The Hall–Kier alpha value is -1.01. The Morgan fingerprint density at radius 2 is 2.06 bits per heavy atom. The molecule has 0 aliphatic heterocycles. The molecule has 4 nitrogen and oxygen atoms in total. The van der Waals surface area contributed by atoms with Crippen molar-refractivity contribution in [1.29, 1.82) is 0 Å². The molecule has 0 aliphatic rings. The van der Waals surface area contributed by atoms with Crippen LogP contribution in [0.2, 0.25) is 0 Å². The lowest BCUT2D eigenvalue weighted by atomic mass is 10.1. The van der Waals surface area contributed by atoms with Gasteiger partial charge in [0, 0.05) is 0 Å². The molecule has 0 amide bonds. The van der Waals surface area contributed by atoms with Crippen LogP contribution in [0.5, 0.6) is 0 Å². The molecular weight excluding hydrogens is 296 g/mol. The van der Waals surface area contributed by atoms with Gasteiger partial charge in [0.25, 0.3) is 0 Å². The highest BCUT2D eigenvalue weighted by Crippen LogP contribution is 2.28. The van der Waals surface area contributed by atoms with Crippen molar-refractivity contribution in [2.75, 3.05) is 7.11 Å². The summed E-state index contributed by atoms with van der Waals surface area (Å²) in [6.07, 6.45) is -0.445. The molecule has 86 valence electrons. The van der Waals surface area contributed by atoms with Crippen LogP contribution >= 0.6 is 27.3 Å². The molecule has 0 spiro atoms. The van der Waals surface area contributed by atoms with E-state index in [-0.39, 0.29) is 5.78 Å². The first-order valence-electron chi connectivity index (χ1n) is 4.36. The fourth-order valence-corrected chi connectivity index (χ4v) is 2.49. The van der Waals surface area contributed by atoms with Crippen LogP contribution in [0, 0.1) is 6.92 Å². The number of thiophene rings is 1. The van der Waals surface area contributed by atoms with E-state index in [2.05, 4.69) is 20.7 Å². The molecule has 0 aromatic carbocycles. The van der Waals surface area contributed by atoms with Crippen LogP contribution in [-0.4, -0.2) is 24.6 Å². The highest BCUT2D eigenvalue weighted by atomic mass is 79.9. The molecule has 0 bridgehead atoms. The quantitative estimate of drug-likeness (QED) is 0.370. The third-order valence-electron chi connectivity index (χ3n) is 1.87. The fourth-order valence-electron chi connectivity index (χ4n) is 1.02. The van der Waals surface area contributed by atoms with Crippen LogP contribution in [0.15, 0.2) is 9.85 Å². The minimum Gasteiger partial charge on any atom is -0.463 e. The van der Waals surface area contributed by atoms with E-state index in [1.165, 1.54) is 11.3 Å². The van der Waals surface area contributed by atoms with Crippen molar-refractivity contribution in [3.05, 3.63) is 20.3 Å². The van der Waals surface area contributed by atoms with Gasteiger partial charge in [0.05, 0.1) is 22.2 Å². The molecular formula is C10H9BrO4S. The summed E-state index contributed by atoms with van der Waals surface area (Å²) in [6, 6.07) is 1.68. The molecule has 1 aromatic heterocycles. The first kappa shape index (κ1) is 13.1. The van der Waals surface area contributed by atoms with Gasteiger partial charge in [0.1, 0.15) is 0 Å². The topological polar surface area (TPSA) is 60.4 Å². The largest absolute Gasteiger partial charge is 0.463 e. The van der Waals surface area contributed by atoms with Crippen LogP contribution < -0.4 is 0 Å². The summed E-state index contributed by atoms with van der Waals surface area (Å²) in [6.45, 7) is 1.85. The molecule has 0 saturated carbocycles. The smallest absolute Gasteiger partial charge is 0.374 e. The normalized spacial score (nSPS) is 9.94. The van der Waals surface area contributed by atoms with E-state index in [1.807, 2.05) is 6.92 Å². The number of rotatable bonds is 4. The summed E-state index contributed by atoms with van der Waals surface area (Å²) in [5, 5.41) is 0. The van der Waals surface area contributed by atoms with E-state index in [0.717, 1.165) is 16.5 Å². The van der Waals surface area contributed by atoms with Crippen molar-refractivity contribution in [3.8, 4) is 0 Å². The van der Waals surface area contributed by atoms with E-state index in [4.69, 9.17) is 0 Å². The molecule has 16 heavy (non-hydrogen) atoms. The van der Waals surface area contributed by atoms with Gasteiger partial charge in [-0.05, 0) is 34.5 Å². The van der Waals surface area contributed by atoms with Gasteiger partial charge in [0.15, 0.2) is 5.78 Å². The van der Waals surface area contributed by atoms with Gasteiger partial charge in [-0.15, -0.1) is 11.3 Å². The third-order valence-corrected chi connectivity index (χ3v) is 4.04. The lowest BCUT2D eigenvalue weighted by Gasteiger charge is -1.96. The number of esters is 1. The minimum absolute atomic E-state index is 0.366. The van der Waals surface area contributed by atoms with E-state index in [1.54, 1.807) is 6.07 Å². The highest BCUT2D eigenvalue weighted by molar-refractivity contribution is 9.11. The Kier molecular flexibility index (Phi) is 4.37. The predicted octanol–water partition coefficient (Wildman–Crippen LogP) is 2.13. The van der Waals surface area contributed by atoms with Crippen LogP contribution in [-0.2, 0) is 14.3 Å². The van der Waals surface area contributed by atoms with Crippen molar-refractivity contribution >= 4 is 44.8 Å². The average molecular weight is 305 g/mol. The SMILES string of the molecule is COC(=O)C(=O)CC(=O)c1cc(C)c(Br)s1. The molecule has 0 unspecified atom stereocenters. The molecule has 1 heterocycles. The van der Waals surface area contributed by atoms with E-state index in [0.29, 0.717) is 4.88 Å². The van der Waals surface area contributed by atoms with Crippen LogP contribution in [0.4, 0.5) is 0 Å². The highest BCUT2D eigenvalue weighted by Gasteiger charge is 2.20. The van der Waals surface area contributed by atoms with Crippen LogP contribution in [0.3, 0.4) is 0 Å². The number of Topliss-reactive ketones (excluding diaryl/α,β-unsaturated/α-hetero) is 2. The maximum absolute atomic E-state index is 11.6. The number of halogens is 1. The molecule has 1 aromatic rings. The average Bonchev–Trinajstić information content (AvgIpc) is 2.58. The van der Waals surface area contributed by atoms with Crippen molar-refractivity contribution in [1.82, 2.24) is 0 Å². The monoisotopic (exact) mass is 304 g/mol. The standard InChI is InChI=1S/C10H9BrO4S/c1-5-3-8(16-9(5)11)6(12)4-7(13)10(14)15-2/h3H,4H2,1-2H3. The van der Waals surface area contributed by atoms with Crippen molar-refractivity contribution in [2.45, 2.75) is 13.3 Å². The maximum Gasteiger partial charge on any atom is 0.374 e. The number of aryl methyl sites for hydroxylation is 1. The van der Waals surface area contributed by atoms with Gasteiger partial charge in [-0.3, -0.25) is 9.59 Å². The first-order chi connectivity index (χ1) is 7.45. The molecule has 0 atom stereocenters. The Morgan fingerprint density at radius 1 is 1.44 bits per heavy atom. The Balaban J connectivity index is 2.73. The predicted molar refractivity (Wildman–Crippen MR) is 62.7 cm³/mol. The number of methoxy groups -OCH3 is 1. The third kappa shape index (κ3) is 2.99. The van der Waals surface area contributed by atoms with Gasteiger partial charge in [-0.25, -0.2) is 4.79 Å². The van der Waals surface area contributed by atoms with Gasteiger partial charge in [-0.2, -0.15) is 0 Å². The molecule has 0 N–H and O–H groups in total. The number of ketones is 2. The zero-order valence-corrected chi connectivity index (χ0v) is 11.1. The Morgan fingerprint density at radius 3 is 2.50 bits per heavy atom. The molecule has 1 rings (SSSR count). The Bertz CT molecular complexity index is 430. The lowest BCUT2D eigenvalue weighted by molar-refractivity contribution is -0.151. The Labute approximate surface area is 105 Å². The molecule has 0 saturated heterocycles. The van der Waals surface area contributed by atoms with Crippen LogP contribution in [0.25, 0.3) is 0 Å². The number of hydrogen-bond acceptors (Lipinski definition) is 5. The maximum atomic E-state index is 11.6. The number of carbonyl (C=O) groups excluding carboxylic acids is 3. The van der Waals surface area contributed by atoms with Gasteiger partial charge < -0.3 is 4.74 Å². The summed E-state index contributed by atoms with van der Waals surface area (Å²) < 4.78 is 5.08. The van der Waals surface area contributed by atoms with Crippen molar-refractivity contribution in [2.24, 2.45) is 0 Å². The number of hydrogen-bond donors (Lipinski definition) is 0. The summed E-state index contributed by atoms with van der Waals surface area (Å²) in [5.74, 6) is -2.18. The van der Waals surface area contributed by atoms with E-state index < -0.39 is 18.2 Å². The lowest BCUT2D eigenvalue weighted by Crippen LogP contribution is -2.18. The van der Waals surface area contributed by atoms with Crippen molar-refractivity contribution < 1.29 is 19.1 Å². The molecule has 6 heteroatoms. The minimum atomic E-state index is -0.985. The van der Waals surface area contributed by atoms with Gasteiger partial charge >= 0.3 is 5.97 Å². The summed E-state index contributed by atoms with van der Waals surface area (Å²) in [5.41, 5.74) is 0.930. The first-order valence-corrected chi connectivity index (χ1v) is 5.97. The molecule has 0 aliphatic carbocycles. The van der Waals surface area contributed by atoms with E-state index in [9.17, 15) is 14.4 Å².